The lowest BCUT2D eigenvalue weighted by Crippen LogP contribution is -2.40. The number of amides is 1. The number of anilines is 1. The van der Waals surface area contributed by atoms with Crippen LogP contribution < -0.4 is 10.6 Å². The molecule has 0 fully saturated rings. The molecule has 0 aliphatic rings. The van der Waals surface area contributed by atoms with Crippen molar-refractivity contribution in [3.63, 3.8) is 0 Å². The number of rotatable bonds is 11. The monoisotopic (exact) mass is 353 g/mol. The van der Waals surface area contributed by atoms with E-state index in [2.05, 4.69) is 10.6 Å². The number of non-ortho nitro benzene ring substituents is 1. The first-order chi connectivity index (χ1) is 11.8. The van der Waals surface area contributed by atoms with E-state index in [1.54, 1.807) is 0 Å². The Morgan fingerprint density at radius 3 is 2.68 bits per heavy atom. The smallest absolute Gasteiger partial charge is 0.321 e. The molecule has 3 N–H and O–H groups in total. The molecule has 138 valence electrons. The number of benzene rings is 1. The van der Waals surface area contributed by atoms with Gasteiger partial charge in [-0.05, 0) is 32.9 Å². The Morgan fingerprint density at radius 2 is 2.08 bits per heavy atom. The third kappa shape index (κ3) is 8.23. The van der Waals surface area contributed by atoms with Crippen molar-refractivity contribution < 1.29 is 24.4 Å². The molecule has 0 aliphatic carbocycles. The molecule has 0 saturated heterocycles. The molecular formula is C16H23N3O6. The van der Waals surface area contributed by atoms with Gasteiger partial charge in [-0.3, -0.25) is 19.7 Å². The van der Waals surface area contributed by atoms with Crippen LogP contribution in [0.25, 0.3) is 0 Å². The van der Waals surface area contributed by atoms with Gasteiger partial charge in [0.25, 0.3) is 5.69 Å². The second-order valence-electron chi connectivity index (χ2n) is 5.68. The average molecular weight is 353 g/mol. The average Bonchev–Trinajstić information content (AvgIpc) is 2.53. The molecule has 0 spiro atoms. The van der Waals surface area contributed by atoms with E-state index in [0.717, 1.165) is 0 Å². The fourth-order valence-corrected chi connectivity index (χ4v) is 2.01. The SMILES string of the molecule is CC(C)OCCCNC(CC(=O)Nc1cccc([N+](=O)[O-])c1)C(=O)O. The predicted molar refractivity (Wildman–Crippen MR) is 91.5 cm³/mol. The molecule has 0 radical (unpaired) electrons. The Hall–Kier alpha value is -2.52. The number of ether oxygens (including phenoxy) is 1. The first-order valence-electron chi connectivity index (χ1n) is 7.91. The fraction of sp³-hybridized carbons (Fsp3) is 0.500. The summed E-state index contributed by atoms with van der Waals surface area (Å²) in [5, 5.41) is 25.2. The van der Waals surface area contributed by atoms with Crippen LogP contribution in [0.3, 0.4) is 0 Å². The molecule has 0 heterocycles. The molecule has 1 rings (SSSR count). The summed E-state index contributed by atoms with van der Waals surface area (Å²) in [6.07, 6.45) is 0.438. The molecule has 1 aromatic rings. The van der Waals surface area contributed by atoms with Crippen LogP contribution in [0.15, 0.2) is 24.3 Å². The van der Waals surface area contributed by atoms with Crippen molar-refractivity contribution in [2.24, 2.45) is 0 Å². The summed E-state index contributed by atoms with van der Waals surface area (Å²) in [5.74, 6) is -1.68. The number of nitro groups is 1. The van der Waals surface area contributed by atoms with Gasteiger partial charge < -0.3 is 20.5 Å². The van der Waals surface area contributed by atoms with Gasteiger partial charge in [0.05, 0.1) is 17.4 Å². The molecule has 9 nitrogen and oxygen atoms in total. The molecule has 0 aromatic heterocycles. The van der Waals surface area contributed by atoms with E-state index in [0.29, 0.717) is 19.6 Å². The van der Waals surface area contributed by atoms with Crippen molar-refractivity contribution in [1.29, 1.82) is 0 Å². The molecular weight excluding hydrogens is 330 g/mol. The molecule has 9 heteroatoms. The Morgan fingerprint density at radius 1 is 1.36 bits per heavy atom. The lowest BCUT2D eigenvalue weighted by atomic mass is 10.2. The minimum atomic E-state index is -1.14. The van der Waals surface area contributed by atoms with Gasteiger partial charge in [0.15, 0.2) is 0 Å². The molecule has 1 aromatic carbocycles. The van der Waals surface area contributed by atoms with E-state index < -0.39 is 22.8 Å². The predicted octanol–water partition coefficient (Wildman–Crippen LogP) is 1.78. The van der Waals surface area contributed by atoms with Crippen LogP contribution in [-0.4, -0.2) is 47.2 Å². The Kier molecular flexibility index (Phi) is 8.51. The number of carboxylic acid groups (broad SMARTS) is 1. The maximum Gasteiger partial charge on any atom is 0.321 e. The highest BCUT2D eigenvalue weighted by Gasteiger charge is 2.20. The van der Waals surface area contributed by atoms with Gasteiger partial charge in [0, 0.05) is 24.4 Å². The van der Waals surface area contributed by atoms with Crippen LogP contribution in [0.5, 0.6) is 0 Å². The zero-order valence-corrected chi connectivity index (χ0v) is 14.2. The quantitative estimate of drug-likeness (QED) is 0.314. The first-order valence-corrected chi connectivity index (χ1v) is 7.91. The summed E-state index contributed by atoms with van der Waals surface area (Å²) < 4.78 is 5.35. The Bertz CT molecular complexity index is 605. The van der Waals surface area contributed by atoms with E-state index in [4.69, 9.17) is 4.74 Å². The summed E-state index contributed by atoms with van der Waals surface area (Å²) in [5.41, 5.74) is 0.0875. The second kappa shape index (κ2) is 10.4. The highest BCUT2D eigenvalue weighted by molar-refractivity contribution is 5.94. The summed E-state index contributed by atoms with van der Waals surface area (Å²) in [4.78, 5) is 33.4. The number of carbonyl (C=O) groups is 2. The minimum Gasteiger partial charge on any atom is -0.480 e. The van der Waals surface area contributed by atoms with E-state index in [1.165, 1.54) is 24.3 Å². The van der Waals surface area contributed by atoms with E-state index in [1.807, 2.05) is 13.8 Å². The molecule has 0 bridgehead atoms. The van der Waals surface area contributed by atoms with E-state index in [9.17, 15) is 24.8 Å². The zero-order valence-electron chi connectivity index (χ0n) is 14.2. The van der Waals surface area contributed by atoms with Crippen molar-refractivity contribution in [3.8, 4) is 0 Å². The normalized spacial score (nSPS) is 12.0. The van der Waals surface area contributed by atoms with Crippen molar-refractivity contribution in [2.75, 3.05) is 18.5 Å². The number of nitrogens with one attached hydrogen (secondary N) is 2. The van der Waals surface area contributed by atoms with Crippen molar-refractivity contribution in [2.45, 2.75) is 38.8 Å². The number of hydrogen-bond donors (Lipinski definition) is 3. The van der Waals surface area contributed by atoms with Crippen LogP contribution in [0, 0.1) is 10.1 Å². The van der Waals surface area contributed by atoms with E-state index >= 15 is 0 Å². The summed E-state index contributed by atoms with van der Waals surface area (Å²) in [6.45, 7) is 4.71. The molecule has 1 atom stereocenters. The van der Waals surface area contributed by atoms with Crippen molar-refractivity contribution in [3.05, 3.63) is 34.4 Å². The number of hydrogen-bond acceptors (Lipinski definition) is 6. The minimum absolute atomic E-state index is 0.107. The molecule has 25 heavy (non-hydrogen) atoms. The van der Waals surface area contributed by atoms with Gasteiger partial charge in [0.1, 0.15) is 6.04 Å². The topological polar surface area (TPSA) is 131 Å². The van der Waals surface area contributed by atoms with Gasteiger partial charge in [-0.15, -0.1) is 0 Å². The van der Waals surface area contributed by atoms with Crippen LogP contribution in [-0.2, 0) is 14.3 Å². The maximum atomic E-state index is 12.0. The second-order valence-corrected chi connectivity index (χ2v) is 5.68. The highest BCUT2D eigenvalue weighted by Crippen LogP contribution is 2.17. The largest absolute Gasteiger partial charge is 0.480 e. The van der Waals surface area contributed by atoms with E-state index in [-0.39, 0.29) is 23.9 Å². The summed E-state index contributed by atoms with van der Waals surface area (Å²) in [6, 6.07) is 4.41. The highest BCUT2D eigenvalue weighted by atomic mass is 16.6. The van der Waals surface area contributed by atoms with Gasteiger partial charge in [-0.2, -0.15) is 0 Å². The third-order valence-electron chi connectivity index (χ3n) is 3.19. The van der Waals surface area contributed by atoms with Gasteiger partial charge >= 0.3 is 5.97 Å². The lowest BCUT2D eigenvalue weighted by Gasteiger charge is -2.15. The maximum absolute atomic E-state index is 12.0. The standard InChI is InChI=1S/C16H23N3O6/c1-11(2)25-8-4-7-17-14(16(21)22)10-15(20)18-12-5-3-6-13(9-12)19(23)24/h3,5-6,9,11,14,17H,4,7-8,10H2,1-2H3,(H,18,20)(H,21,22). The number of nitro benzene ring substituents is 1. The summed E-state index contributed by atoms with van der Waals surface area (Å²) >= 11 is 0. The van der Waals surface area contributed by atoms with Crippen LogP contribution in [0.2, 0.25) is 0 Å². The Labute approximate surface area is 145 Å². The molecule has 1 unspecified atom stereocenters. The zero-order chi connectivity index (χ0) is 18.8. The van der Waals surface area contributed by atoms with Gasteiger partial charge in [0.2, 0.25) is 5.91 Å². The Balaban J connectivity index is 2.49. The van der Waals surface area contributed by atoms with Crippen LogP contribution in [0.1, 0.15) is 26.7 Å². The van der Waals surface area contributed by atoms with Crippen LogP contribution >= 0.6 is 0 Å². The number of carboxylic acids is 1. The first kappa shape index (κ1) is 20.5. The van der Waals surface area contributed by atoms with Gasteiger partial charge in [-0.25, -0.2) is 0 Å². The summed E-state index contributed by atoms with van der Waals surface area (Å²) in [7, 11) is 0. The van der Waals surface area contributed by atoms with Crippen molar-refractivity contribution >= 4 is 23.3 Å². The number of carbonyl (C=O) groups excluding carboxylic acids is 1. The molecule has 1 amide bonds. The number of nitrogens with zero attached hydrogens (tertiary/aromatic N) is 1. The van der Waals surface area contributed by atoms with Gasteiger partial charge in [-0.1, -0.05) is 6.07 Å². The molecule has 0 saturated carbocycles. The fourth-order valence-electron chi connectivity index (χ4n) is 2.01. The lowest BCUT2D eigenvalue weighted by molar-refractivity contribution is -0.384. The molecule has 0 aliphatic heterocycles. The third-order valence-corrected chi connectivity index (χ3v) is 3.19. The van der Waals surface area contributed by atoms with Crippen molar-refractivity contribution in [1.82, 2.24) is 5.32 Å². The number of aliphatic carboxylic acids is 1. The van der Waals surface area contributed by atoms with Crippen LogP contribution in [0.4, 0.5) is 11.4 Å².